The van der Waals surface area contributed by atoms with Gasteiger partial charge >= 0.3 is 0 Å². The van der Waals surface area contributed by atoms with E-state index in [0.717, 1.165) is 14.9 Å². The molecule has 0 aliphatic carbocycles. The summed E-state index contributed by atoms with van der Waals surface area (Å²) in [5.41, 5.74) is 0. The van der Waals surface area contributed by atoms with Gasteiger partial charge in [-0.2, -0.15) is 5.10 Å². The van der Waals surface area contributed by atoms with Crippen LogP contribution in [0.3, 0.4) is 0 Å². The number of H-pyrrole nitrogens is 1. The number of nitrogens with zero attached hydrogens (tertiary/aromatic N) is 2. The van der Waals surface area contributed by atoms with E-state index in [1.807, 2.05) is 12.1 Å². The van der Waals surface area contributed by atoms with E-state index in [1.165, 1.54) is 6.33 Å². The second kappa shape index (κ2) is 2.67. The molecule has 0 radical (unpaired) electrons. The Hall–Kier alpha value is -0.810. The molecule has 0 aliphatic rings. The molecule has 5 heteroatoms. The molecular formula is C6H5N3S2. The molecule has 0 spiro atoms. The minimum Gasteiger partial charge on any atom is -0.259 e. The van der Waals surface area contributed by atoms with Crippen LogP contribution in [0.25, 0.3) is 10.7 Å². The highest BCUT2D eigenvalue weighted by Gasteiger charge is 2.01. The molecule has 11 heavy (non-hydrogen) atoms. The van der Waals surface area contributed by atoms with Gasteiger partial charge in [0.05, 0.1) is 9.09 Å². The molecular weight excluding hydrogens is 178 g/mol. The van der Waals surface area contributed by atoms with Crippen LogP contribution in [0.15, 0.2) is 22.7 Å². The van der Waals surface area contributed by atoms with Gasteiger partial charge in [0.15, 0.2) is 5.82 Å². The van der Waals surface area contributed by atoms with Crippen LogP contribution in [0, 0.1) is 0 Å². The molecule has 1 N–H and O–H groups in total. The van der Waals surface area contributed by atoms with E-state index in [2.05, 4.69) is 27.8 Å². The largest absolute Gasteiger partial charge is 0.259 e. The molecule has 2 aromatic heterocycles. The SMILES string of the molecule is Sc1ccc(-c2ncn[nH]2)s1. The third-order valence-electron chi connectivity index (χ3n) is 1.24. The Labute approximate surface area is 72.9 Å². The summed E-state index contributed by atoms with van der Waals surface area (Å²) >= 11 is 5.77. The van der Waals surface area contributed by atoms with Gasteiger partial charge in [-0.1, -0.05) is 0 Å². The van der Waals surface area contributed by atoms with Crippen molar-refractivity contribution in [2.75, 3.05) is 0 Å². The normalized spacial score (nSPS) is 10.3. The first-order valence-electron chi connectivity index (χ1n) is 3.01. The van der Waals surface area contributed by atoms with Gasteiger partial charge in [0.25, 0.3) is 0 Å². The van der Waals surface area contributed by atoms with Crippen molar-refractivity contribution in [2.24, 2.45) is 0 Å². The molecule has 2 heterocycles. The highest BCUT2D eigenvalue weighted by atomic mass is 32.2. The summed E-state index contributed by atoms with van der Waals surface area (Å²) in [5.74, 6) is 0.801. The zero-order valence-electron chi connectivity index (χ0n) is 5.48. The minimum atomic E-state index is 0.801. The molecule has 0 aromatic carbocycles. The minimum absolute atomic E-state index is 0.801. The van der Waals surface area contributed by atoms with E-state index in [0.29, 0.717) is 0 Å². The Morgan fingerprint density at radius 1 is 1.45 bits per heavy atom. The molecule has 0 aliphatic heterocycles. The number of aromatic nitrogens is 3. The molecule has 2 aromatic rings. The fourth-order valence-corrected chi connectivity index (χ4v) is 1.84. The number of hydrogen-bond acceptors (Lipinski definition) is 4. The van der Waals surface area contributed by atoms with E-state index in [9.17, 15) is 0 Å². The third-order valence-corrected chi connectivity index (χ3v) is 2.56. The van der Waals surface area contributed by atoms with Crippen LogP contribution >= 0.6 is 24.0 Å². The van der Waals surface area contributed by atoms with Crippen molar-refractivity contribution in [1.29, 1.82) is 0 Å². The molecule has 56 valence electrons. The van der Waals surface area contributed by atoms with Crippen LogP contribution in [0.2, 0.25) is 0 Å². The van der Waals surface area contributed by atoms with Crippen molar-refractivity contribution in [3.05, 3.63) is 18.5 Å². The Kier molecular flexibility index (Phi) is 1.67. The Bertz CT molecular complexity index is 338. The van der Waals surface area contributed by atoms with Crippen LogP contribution in [0.5, 0.6) is 0 Å². The first-order chi connectivity index (χ1) is 5.36. The number of rotatable bonds is 1. The van der Waals surface area contributed by atoms with E-state index in [1.54, 1.807) is 11.3 Å². The number of thiophene rings is 1. The maximum Gasteiger partial charge on any atom is 0.165 e. The quantitative estimate of drug-likeness (QED) is 0.662. The predicted octanol–water partition coefficient (Wildman–Crippen LogP) is 1.82. The lowest BCUT2D eigenvalue weighted by Crippen LogP contribution is -1.72. The van der Waals surface area contributed by atoms with E-state index in [-0.39, 0.29) is 0 Å². The van der Waals surface area contributed by atoms with Crippen molar-refractivity contribution < 1.29 is 0 Å². The first kappa shape index (κ1) is 6.87. The highest BCUT2D eigenvalue weighted by molar-refractivity contribution is 7.83. The van der Waals surface area contributed by atoms with Crippen molar-refractivity contribution >= 4 is 24.0 Å². The van der Waals surface area contributed by atoms with Gasteiger partial charge in [-0.15, -0.1) is 24.0 Å². The van der Waals surface area contributed by atoms with E-state index < -0.39 is 0 Å². The fraction of sp³-hybridized carbons (Fsp3) is 0. The summed E-state index contributed by atoms with van der Waals surface area (Å²) in [4.78, 5) is 5.07. The van der Waals surface area contributed by atoms with Gasteiger partial charge < -0.3 is 0 Å². The standard InChI is InChI=1S/C6H5N3S2/c10-5-2-1-4(11-5)6-7-3-8-9-6/h1-3,10H,(H,7,8,9). The summed E-state index contributed by atoms with van der Waals surface area (Å²) in [5, 5.41) is 6.54. The molecule has 0 bridgehead atoms. The Morgan fingerprint density at radius 3 is 2.91 bits per heavy atom. The molecule has 0 fully saturated rings. The summed E-state index contributed by atoms with van der Waals surface area (Å²) < 4.78 is 0.983. The van der Waals surface area contributed by atoms with Crippen molar-refractivity contribution in [3.63, 3.8) is 0 Å². The molecule has 0 atom stereocenters. The molecule has 0 saturated heterocycles. The number of hydrogen-bond donors (Lipinski definition) is 2. The maximum atomic E-state index is 4.19. The third kappa shape index (κ3) is 1.29. The Morgan fingerprint density at radius 2 is 2.36 bits per heavy atom. The molecule has 2 rings (SSSR count). The lowest BCUT2D eigenvalue weighted by Gasteiger charge is -1.84. The second-order valence-electron chi connectivity index (χ2n) is 1.97. The van der Waals surface area contributed by atoms with Gasteiger partial charge in [-0.05, 0) is 12.1 Å². The lowest BCUT2D eigenvalue weighted by molar-refractivity contribution is 1.10. The van der Waals surface area contributed by atoms with E-state index >= 15 is 0 Å². The topological polar surface area (TPSA) is 41.6 Å². The van der Waals surface area contributed by atoms with Gasteiger partial charge in [-0.25, -0.2) is 4.98 Å². The summed E-state index contributed by atoms with van der Waals surface area (Å²) in [6.07, 6.45) is 1.49. The van der Waals surface area contributed by atoms with Crippen LogP contribution in [0.4, 0.5) is 0 Å². The monoisotopic (exact) mass is 183 g/mol. The maximum absolute atomic E-state index is 4.19. The van der Waals surface area contributed by atoms with Crippen LogP contribution in [-0.4, -0.2) is 15.2 Å². The summed E-state index contributed by atoms with van der Waals surface area (Å²) in [7, 11) is 0. The molecule has 0 unspecified atom stereocenters. The zero-order chi connectivity index (χ0) is 7.68. The van der Waals surface area contributed by atoms with Crippen molar-refractivity contribution in [2.45, 2.75) is 4.21 Å². The fourth-order valence-electron chi connectivity index (χ4n) is 0.779. The van der Waals surface area contributed by atoms with Gasteiger partial charge in [0, 0.05) is 0 Å². The van der Waals surface area contributed by atoms with E-state index in [4.69, 9.17) is 0 Å². The van der Waals surface area contributed by atoms with Gasteiger partial charge in [0.1, 0.15) is 6.33 Å². The molecule has 3 nitrogen and oxygen atoms in total. The average Bonchev–Trinajstić information content (AvgIpc) is 2.55. The summed E-state index contributed by atoms with van der Waals surface area (Å²) in [6, 6.07) is 3.90. The lowest BCUT2D eigenvalue weighted by atomic mass is 10.4. The van der Waals surface area contributed by atoms with Gasteiger partial charge in [-0.3, -0.25) is 5.10 Å². The smallest absolute Gasteiger partial charge is 0.165 e. The van der Waals surface area contributed by atoms with Crippen molar-refractivity contribution in [1.82, 2.24) is 15.2 Å². The van der Waals surface area contributed by atoms with Crippen molar-refractivity contribution in [3.8, 4) is 10.7 Å². The number of thiol groups is 1. The average molecular weight is 183 g/mol. The van der Waals surface area contributed by atoms with Crippen LogP contribution in [-0.2, 0) is 0 Å². The first-order valence-corrected chi connectivity index (χ1v) is 4.27. The summed E-state index contributed by atoms with van der Waals surface area (Å²) in [6.45, 7) is 0. The predicted molar refractivity (Wildman–Crippen MR) is 46.9 cm³/mol. The molecule has 0 saturated carbocycles. The number of nitrogens with one attached hydrogen (secondary N) is 1. The molecule has 0 amide bonds. The van der Waals surface area contributed by atoms with Crippen LogP contribution in [0.1, 0.15) is 0 Å². The van der Waals surface area contributed by atoms with Gasteiger partial charge in [0.2, 0.25) is 0 Å². The second-order valence-corrected chi connectivity index (χ2v) is 3.84. The zero-order valence-corrected chi connectivity index (χ0v) is 7.19. The number of aromatic amines is 1. The van der Waals surface area contributed by atoms with Crippen LogP contribution < -0.4 is 0 Å². The highest BCUT2D eigenvalue weighted by Crippen LogP contribution is 2.26. The Balaban J connectivity index is 2.45.